The van der Waals surface area contributed by atoms with Crippen LogP contribution in [0.15, 0.2) is 24.3 Å². The molecule has 0 aliphatic heterocycles. The molecule has 0 aliphatic rings. The summed E-state index contributed by atoms with van der Waals surface area (Å²) in [7, 11) is 0. The summed E-state index contributed by atoms with van der Waals surface area (Å²) >= 11 is 0. The van der Waals surface area contributed by atoms with Crippen molar-refractivity contribution in [2.45, 2.75) is 39.4 Å². The average Bonchev–Trinajstić information content (AvgIpc) is 2.44. The molecule has 2 N–H and O–H groups in total. The van der Waals surface area contributed by atoms with Gasteiger partial charge in [-0.1, -0.05) is 19.1 Å². The molecule has 0 spiro atoms. The van der Waals surface area contributed by atoms with Crippen molar-refractivity contribution in [3.63, 3.8) is 0 Å². The summed E-state index contributed by atoms with van der Waals surface area (Å²) in [6.45, 7) is 8.32. The third kappa shape index (κ3) is 7.48. The number of aryl methyl sites for hydroxylation is 1. The highest BCUT2D eigenvalue weighted by molar-refractivity contribution is 5.28. The van der Waals surface area contributed by atoms with Crippen LogP contribution in [0.4, 0.5) is 0 Å². The van der Waals surface area contributed by atoms with Gasteiger partial charge in [-0.2, -0.15) is 0 Å². The molecule has 0 radical (unpaired) electrons. The summed E-state index contributed by atoms with van der Waals surface area (Å²) in [5.74, 6) is 0.812. The second kappa shape index (κ2) is 9.75. The lowest BCUT2D eigenvalue weighted by Crippen LogP contribution is -2.33. The first-order chi connectivity index (χ1) is 9.61. The fourth-order valence-corrected chi connectivity index (χ4v) is 1.74. The summed E-state index contributed by atoms with van der Waals surface area (Å²) in [6, 6.07) is 7.97. The fourth-order valence-electron chi connectivity index (χ4n) is 1.74. The maximum Gasteiger partial charge on any atom is 0.119 e. The third-order valence-corrected chi connectivity index (χ3v) is 2.86. The van der Waals surface area contributed by atoms with Crippen molar-refractivity contribution in [1.29, 1.82) is 0 Å². The molecule has 1 unspecified atom stereocenters. The molecule has 0 heterocycles. The Kier molecular flexibility index (Phi) is 8.26. The van der Waals surface area contributed by atoms with Gasteiger partial charge in [0.2, 0.25) is 0 Å². The van der Waals surface area contributed by atoms with Gasteiger partial charge in [0, 0.05) is 13.1 Å². The second-order valence-corrected chi connectivity index (χ2v) is 5.09. The Balaban J connectivity index is 2.14. The molecule has 1 atom stereocenters. The molecule has 0 saturated carbocycles. The van der Waals surface area contributed by atoms with Crippen LogP contribution in [0.25, 0.3) is 0 Å². The summed E-state index contributed by atoms with van der Waals surface area (Å²) in [5, 5.41) is 13.0. The lowest BCUT2D eigenvalue weighted by atomic mass is 10.2. The SMILES string of the molecule is CCc1cccc(OCC(O)CNCCOC(C)C)c1. The van der Waals surface area contributed by atoms with Gasteiger partial charge in [-0.15, -0.1) is 0 Å². The summed E-state index contributed by atoms with van der Waals surface area (Å²) in [5.41, 5.74) is 1.24. The molecule has 114 valence electrons. The van der Waals surface area contributed by atoms with E-state index in [4.69, 9.17) is 9.47 Å². The molecular weight excluding hydrogens is 254 g/mol. The van der Waals surface area contributed by atoms with E-state index in [2.05, 4.69) is 18.3 Å². The molecule has 0 bridgehead atoms. The van der Waals surface area contributed by atoms with Gasteiger partial charge in [0.15, 0.2) is 0 Å². The molecule has 0 fully saturated rings. The Morgan fingerprint density at radius 3 is 2.80 bits per heavy atom. The monoisotopic (exact) mass is 281 g/mol. The number of benzene rings is 1. The molecule has 0 aromatic heterocycles. The maximum absolute atomic E-state index is 9.82. The van der Waals surface area contributed by atoms with Crippen LogP contribution in [0.3, 0.4) is 0 Å². The first-order valence-corrected chi connectivity index (χ1v) is 7.34. The third-order valence-electron chi connectivity index (χ3n) is 2.86. The summed E-state index contributed by atoms with van der Waals surface area (Å²) in [6.07, 6.45) is 0.715. The largest absolute Gasteiger partial charge is 0.491 e. The lowest BCUT2D eigenvalue weighted by Gasteiger charge is -2.14. The standard InChI is InChI=1S/C16H27NO3/c1-4-14-6-5-7-16(10-14)20-12-15(18)11-17-8-9-19-13(2)3/h5-7,10,13,15,17-18H,4,8-9,11-12H2,1-3H3. The van der Waals surface area contributed by atoms with Crippen LogP contribution >= 0.6 is 0 Å². The Bertz CT molecular complexity index is 368. The molecule has 0 amide bonds. The number of aliphatic hydroxyl groups excluding tert-OH is 1. The van der Waals surface area contributed by atoms with Gasteiger partial charge in [-0.25, -0.2) is 0 Å². The van der Waals surface area contributed by atoms with Crippen LogP contribution in [-0.2, 0) is 11.2 Å². The maximum atomic E-state index is 9.82. The summed E-state index contributed by atoms with van der Waals surface area (Å²) < 4.78 is 11.0. The zero-order valence-electron chi connectivity index (χ0n) is 12.8. The number of hydrogen-bond acceptors (Lipinski definition) is 4. The van der Waals surface area contributed by atoms with E-state index < -0.39 is 6.10 Å². The van der Waals surface area contributed by atoms with E-state index in [0.717, 1.165) is 18.7 Å². The van der Waals surface area contributed by atoms with Crippen molar-refractivity contribution >= 4 is 0 Å². The van der Waals surface area contributed by atoms with Crippen LogP contribution < -0.4 is 10.1 Å². The number of ether oxygens (including phenoxy) is 2. The van der Waals surface area contributed by atoms with Gasteiger partial charge in [0.05, 0.1) is 12.7 Å². The van der Waals surface area contributed by atoms with Crippen molar-refractivity contribution < 1.29 is 14.6 Å². The summed E-state index contributed by atoms with van der Waals surface area (Å²) in [4.78, 5) is 0. The van der Waals surface area contributed by atoms with Crippen LogP contribution in [0, 0.1) is 0 Å². The van der Waals surface area contributed by atoms with Gasteiger partial charge < -0.3 is 19.9 Å². The topological polar surface area (TPSA) is 50.7 Å². The van der Waals surface area contributed by atoms with Crippen molar-refractivity contribution in [3.05, 3.63) is 29.8 Å². The van der Waals surface area contributed by atoms with Crippen LogP contribution in [0.1, 0.15) is 26.3 Å². The molecule has 0 aliphatic carbocycles. The van der Waals surface area contributed by atoms with Crippen LogP contribution in [0.5, 0.6) is 5.75 Å². The van der Waals surface area contributed by atoms with E-state index >= 15 is 0 Å². The van der Waals surface area contributed by atoms with E-state index in [1.807, 2.05) is 32.0 Å². The molecule has 1 rings (SSSR count). The van der Waals surface area contributed by atoms with E-state index in [0.29, 0.717) is 19.8 Å². The van der Waals surface area contributed by atoms with Gasteiger partial charge in [-0.3, -0.25) is 0 Å². The molecule has 1 aromatic carbocycles. The predicted octanol–water partition coefficient (Wildman–Crippen LogP) is 2.00. The van der Waals surface area contributed by atoms with Gasteiger partial charge >= 0.3 is 0 Å². The van der Waals surface area contributed by atoms with Gasteiger partial charge in [-0.05, 0) is 38.0 Å². The van der Waals surface area contributed by atoms with Gasteiger partial charge in [0.25, 0.3) is 0 Å². The highest BCUT2D eigenvalue weighted by atomic mass is 16.5. The minimum absolute atomic E-state index is 0.246. The van der Waals surface area contributed by atoms with E-state index in [9.17, 15) is 5.11 Å². The fraction of sp³-hybridized carbons (Fsp3) is 0.625. The van der Waals surface area contributed by atoms with Gasteiger partial charge in [0.1, 0.15) is 18.5 Å². The second-order valence-electron chi connectivity index (χ2n) is 5.09. The highest BCUT2D eigenvalue weighted by Crippen LogP contribution is 2.13. The Morgan fingerprint density at radius 1 is 1.30 bits per heavy atom. The molecule has 4 nitrogen and oxygen atoms in total. The van der Waals surface area contributed by atoms with Crippen molar-refractivity contribution in [3.8, 4) is 5.75 Å². The minimum Gasteiger partial charge on any atom is -0.491 e. The van der Waals surface area contributed by atoms with E-state index in [1.54, 1.807) is 0 Å². The Hall–Kier alpha value is -1.10. The van der Waals surface area contributed by atoms with Crippen molar-refractivity contribution in [2.75, 3.05) is 26.3 Å². The molecule has 4 heteroatoms. The smallest absolute Gasteiger partial charge is 0.119 e. The Labute approximate surface area is 122 Å². The molecule has 1 aromatic rings. The van der Waals surface area contributed by atoms with E-state index in [-0.39, 0.29) is 6.10 Å². The normalized spacial score (nSPS) is 12.7. The zero-order chi connectivity index (χ0) is 14.8. The van der Waals surface area contributed by atoms with E-state index in [1.165, 1.54) is 5.56 Å². The van der Waals surface area contributed by atoms with Crippen LogP contribution in [0.2, 0.25) is 0 Å². The van der Waals surface area contributed by atoms with Crippen LogP contribution in [-0.4, -0.2) is 43.6 Å². The number of nitrogens with one attached hydrogen (secondary N) is 1. The number of rotatable bonds is 10. The first-order valence-electron chi connectivity index (χ1n) is 7.34. The highest BCUT2D eigenvalue weighted by Gasteiger charge is 2.05. The predicted molar refractivity (Wildman–Crippen MR) is 81.3 cm³/mol. The molecular formula is C16H27NO3. The minimum atomic E-state index is -0.515. The Morgan fingerprint density at radius 2 is 2.10 bits per heavy atom. The lowest BCUT2D eigenvalue weighted by molar-refractivity contribution is 0.0735. The average molecular weight is 281 g/mol. The van der Waals surface area contributed by atoms with Crippen molar-refractivity contribution in [1.82, 2.24) is 5.32 Å². The molecule has 20 heavy (non-hydrogen) atoms. The quantitative estimate of drug-likeness (QED) is 0.644. The molecule has 0 saturated heterocycles. The first kappa shape index (κ1) is 17.0. The number of aliphatic hydroxyl groups is 1. The zero-order valence-corrected chi connectivity index (χ0v) is 12.8. The van der Waals surface area contributed by atoms with Crippen molar-refractivity contribution in [2.24, 2.45) is 0 Å². The number of hydrogen-bond donors (Lipinski definition) is 2.